The van der Waals surface area contributed by atoms with Crippen LogP contribution in [0.1, 0.15) is 38.9 Å². The van der Waals surface area contributed by atoms with Gasteiger partial charge in [0.15, 0.2) is 0 Å². The smallest absolute Gasteiger partial charge is 0.144 e. The summed E-state index contributed by atoms with van der Waals surface area (Å²) in [5.74, 6) is 0. The molecule has 57 heavy (non-hydrogen) atoms. The molecule has 0 radical (unpaired) electrons. The van der Waals surface area contributed by atoms with Crippen LogP contribution in [0.3, 0.4) is 0 Å². The summed E-state index contributed by atoms with van der Waals surface area (Å²) in [7, 11) is 0. The van der Waals surface area contributed by atoms with Crippen molar-refractivity contribution in [3.8, 4) is 33.4 Å². The average molecular weight is 727 g/mol. The van der Waals surface area contributed by atoms with Crippen LogP contribution in [0.15, 0.2) is 193 Å². The number of aryl methyl sites for hydroxylation is 1. The second-order valence-electron chi connectivity index (χ2n) is 15.2. The molecule has 0 unspecified atom stereocenters. The van der Waals surface area contributed by atoms with Crippen LogP contribution in [0.25, 0.3) is 89.0 Å². The van der Waals surface area contributed by atoms with Crippen molar-refractivity contribution in [3.05, 3.63) is 228 Å². The molecule has 0 saturated carbocycles. The van der Waals surface area contributed by atoms with Crippen molar-refractivity contribution < 1.29 is 4.42 Å². The largest absolute Gasteiger partial charge is 0.455 e. The van der Waals surface area contributed by atoms with Gasteiger partial charge in [-0.3, -0.25) is 0 Å². The molecule has 11 rings (SSSR count). The van der Waals surface area contributed by atoms with Gasteiger partial charge in [-0.25, -0.2) is 0 Å². The first-order chi connectivity index (χ1) is 28.1. The monoisotopic (exact) mass is 726 g/mol. The highest BCUT2D eigenvalue weighted by Crippen LogP contribution is 2.62. The van der Waals surface area contributed by atoms with Crippen molar-refractivity contribution in [1.82, 2.24) is 0 Å². The molecule has 0 fully saturated rings. The van der Waals surface area contributed by atoms with Crippen LogP contribution in [0.5, 0.6) is 0 Å². The Morgan fingerprint density at radius 3 is 1.65 bits per heavy atom. The Labute approximate surface area is 332 Å². The third-order valence-electron chi connectivity index (χ3n) is 12.4. The summed E-state index contributed by atoms with van der Waals surface area (Å²) in [4.78, 5) is 0. The Kier molecular flexibility index (Phi) is 7.36. The first-order valence-electron chi connectivity index (χ1n) is 19.7. The van der Waals surface area contributed by atoms with Crippen molar-refractivity contribution in [2.75, 3.05) is 0 Å². The molecule has 1 aliphatic carbocycles. The average Bonchev–Trinajstić information content (AvgIpc) is 3.81. The highest BCUT2D eigenvalue weighted by molar-refractivity contribution is 6.24. The van der Waals surface area contributed by atoms with Crippen molar-refractivity contribution in [3.63, 3.8) is 0 Å². The minimum atomic E-state index is -0.647. The van der Waals surface area contributed by atoms with Crippen LogP contribution >= 0.6 is 0 Å². The summed E-state index contributed by atoms with van der Waals surface area (Å²) < 4.78 is 7.23. The van der Waals surface area contributed by atoms with Crippen molar-refractivity contribution in [2.24, 2.45) is 0 Å². The SMILES string of the molecule is C=Cc1c(C=C)c(-c2cc3c(c4oc5ccccc5c24)-c2c(ccc4ccccc24)C3(c2ccccc2)c2ccccc2)c2ccccc2c1-c1ccccc1C. The van der Waals surface area contributed by atoms with Crippen molar-refractivity contribution in [2.45, 2.75) is 12.3 Å². The normalized spacial score (nSPS) is 12.9. The van der Waals surface area contributed by atoms with Crippen LogP contribution in [-0.4, -0.2) is 0 Å². The quantitative estimate of drug-likeness (QED) is 0.166. The van der Waals surface area contributed by atoms with Gasteiger partial charge < -0.3 is 4.42 Å². The summed E-state index contributed by atoms with van der Waals surface area (Å²) in [5.41, 5.74) is 16.3. The molecule has 0 aliphatic heterocycles. The maximum atomic E-state index is 7.23. The number of para-hydroxylation sites is 1. The molecule has 10 aromatic rings. The van der Waals surface area contributed by atoms with Crippen molar-refractivity contribution in [1.29, 1.82) is 0 Å². The Morgan fingerprint density at radius 2 is 1.00 bits per heavy atom. The van der Waals surface area contributed by atoms with E-state index in [9.17, 15) is 0 Å². The van der Waals surface area contributed by atoms with Gasteiger partial charge in [0, 0.05) is 16.3 Å². The van der Waals surface area contributed by atoms with Crippen LogP contribution in [0.2, 0.25) is 0 Å². The standard InChI is InChI=1S/C56H38O/c1-4-39-40(5-2)51(44-29-17-16-28-43(44)50(39)41-26-14-12-20-35(41)3)46-34-48-54(55-52(46)45-30-18-19-31-49(45)57-55)53-42-27-15-13-21-36(42)32-33-47(53)56(48,37-22-8-6-9-23-37)38-24-10-7-11-25-38/h4-34H,1-2H2,3H3. The molecule has 0 bridgehead atoms. The maximum absolute atomic E-state index is 7.23. The number of hydrogen-bond donors (Lipinski definition) is 0. The zero-order valence-corrected chi connectivity index (χ0v) is 31.7. The topological polar surface area (TPSA) is 13.1 Å². The molecule has 1 aromatic heterocycles. The van der Waals surface area contributed by atoms with Crippen LogP contribution < -0.4 is 0 Å². The third-order valence-corrected chi connectivity index (χ3v) is 12.4. The molecule has 0 saturated heterocycles. The minimum absolute atomic E-state index is 0.647. The summed E-state index contributed by atoms with van der Waals surface area (Å²) in [6, 6.07) is 64.0. The molecule has 1 nitrogen and oxygen atoms in total. The molecule has 0 atom stereocenters. The van der Waals surface area contributed by atoms with Gasteiger partial charge in [0.25, 0.3) is 0 Å². The molecule has 268 valence electrons. The molecule has 1 heteroatoms. The summed E-state index contributed by atoms with van der Waals surface area (Å²) in [5, 5.41) is 6.95. The lowest BCUT2D eigenvalue weighted by molar-refractivity contribution is 0.669. The lowest BCUT2D eigenvalue weighted by atomic mass is 9.67. The molecule has 0 amide bonds. The lowest BCUT2D eigenvalue weighted by Gasteiger charge is -2.34. The van der Waals surface area contributed by atoms with Gasteiger partial charge in [0.1, 0.15) is 11.2 Å². The van der Waals surface area contributed by atoms with Crippen LogP contribution in [0.4, 0.5) is 0 Å². The fraction of sp³-hybridized carbons (Fsp3) is 0.0357. The Balaban J connectivity index is 1.41. The minimum Gasteiger partial charge on any atom is -0.455 e. The maximum Gasteiger partial charge on any atom is 0.144 e. The van der Waals surface area contributed by atoms with E-state index in [1.54, 1.807) is 0 Å². The van der Waals surface area contributed by atoms with E-state index >= 15 is 0 Å². The van der Waals surface area contributed by atoms with Gasteiger partial charge in [-0.2, -0.15) is 0 Å². The first-order valence-corrected chi connectivity index (χ1v) is 19.7. The van der Waals surface area contributed by atoms with E-state index in [2.05, 4.69) is 196 Å². The molecule has 9 aromatic carbocycles. The van der Waals surface area contributed by atoms with Gasteiger partial charge in [0.2, 0.25) is 0 Å². The van der Waals surface area contributed by atoms with Gasteiger partial charge in [-0.15, -0.1) is 0 Å². The zero-order chi connectivity index (χ0) is 38.3. The molecule has 1 heterocycles. The Morgan fingerprint density at radius 1 is 0.456 bits per heavy atom. The molecule has 0 N–H and O–H groups in total. The summed E-state index contributed by atoms with van der Waals surface area (Å²) in [6.45, 7) is 11.1. The summed E-state index contributed by atoms with van der Waals surface area (Å²) >= 11 is 0. The van der Waals surface area contributed by atoms with E-state index < -0.39 is 5.41 Å². The predicted molar refractivity (Wildman–Crippen MR) is 242 cm³/mol. The molecular formula is C56H38O. The molecule has 1 aliphatic rings. The third kappa shape index (κ3) is 4.51. The van der Waals surface area contributed by atoms with Gasteiger partial charge in [-0.05, 0) is 107 Å². The van der Waals surface area contributed by atoms with E-state index in [-0.39, 0.29) is 0 Å². The number of furan rings is 1. The van der Waals surface area contributed by atoms with Crippen LogP contribution in [-0.2, 0) is 5.41 Å². The number of fused-ring (bicyclic) bond motifs is 10. The Hall–Kier alpha value is -7.22. The van der Waals surface area contributed by atoms with Crippen molar-refractivity contribution >= 4 is 55.6 Å². The van der Waals surface area contributed by atoms with Crippen LogP contribution in [0, 0.1) is 6.92 Å². The van der Waals surface area contributed by atoms with Gasteiger partial charge >= 0.3 is 0 Å². The highest BCUT2D eigenvalue weighted by atomic mass is 16.3. The fourth-order valence-corrected chi connectivity index (χ4v) is 10.1. The zero-order valence-electron chi connectivity index (χ0n) is 31.7. The van der Waals surface area contributed by atoms with E-state index in [1.807, 2.05) is 12.2 Å². The Bertz CT molecular complexity index is 3230. The second kappa shape index (κ2) is 12.7. The molecule has 0 spiro atoms. The second-order valence-corrected chi connectivity index (χ2v) is 15.2. The van der Waals surface area contributed by atoms with E-state index in [0.29, 0.717) is 0 Å². The fourth-order valence-electron chi connectivity index (χ4n) is 10.1. The van der Waals surface area contributed by atoms with Gasteiger partial charge in [0.05, 0.1) is 5.41 Å². The van der Waals surface area contributed by atoms with E-state index in [0.717, 1.165) is 55.1 Å². The number of benzene rings is 9. The number of hydrogen-bond acceptors (Lipinski definition) is 1. The van der Waals surface area contributed by atoms with Gasteiger partial charge in [-0.1, -0.05) is 189 Å². The summed E-state index contributed by atoms with van der Waals surface area (Å²) in [6.07, 6.45) is 4.05. The highest BCUT2D eigenvalue weighted by Gasteiger charge is 2.48. The van der Waals surface area contributed by atoms with E-state index in [1.165, 1.54) is 60.7 Å². The van der Waals surface area contributed by atoms with E-state index in [4.69, 9.17) is 4.42 Å². The first kappa shape index (κ1) is 33.1. The predicted octanol–water partition coefficient (Wildman–Crippen LogP) is 15.2. The number of rotatable bonds is 6. The molecular weight excluding hydrogens is 689 g/mol. The lowest BCUT2D eigenvalue weighted by Crippen LogP contribution is -2.28.